The largest absolute Gasteiger partial charge is 0.494 e. The maximum Gasteiger partial charge on any atom is 0.494 e. The van der Waals surface area contributed by atoms with E-state index in [1.165, 1.54) is 44.5 Å². The van der Waals surface area contributed by atoms with Gasteiger partial charge in [0.1, 0.15) is 0 Å². The van der Waals surface area contributed by atoms with Gasteiger partial charge in [-0.05, 0) is 159 Å². The van der Waals surface area contributed by atoms with E-state index in [9.17, 15) is 0 Å². The smallest absolute Gasteiger partial charge is 0.399 e. The van der Waals surface area contributed by atoms with Crippen LogP contribution in [0.5, 0.6) is 0 Å². The van der Waals surface area contributed by atoms with Crippen LogP contribution in [0.2, 0.25) is 0 Å². The first kappa shape index (κ1) is 46.3. The lowest BCUT2D eigenvalue weighted by molar-refractivity contribution is 0.00578. The highest BCUT2D eigenvalue weighted by Gasteiger charge is 2.52. The molecule has 0 spiro atoms. The van der Waals surface area contributed by atoms with Crippen molar-refractivity contribution in [2.75, 3.05) is 4.90 Å². The van der Waals surface area contributed by atoms with Gasteiger partial charge in [-0.15, -0.1) is 0 Å². The molecule has 2 saturated heterocycles. The predicted octanol–water partition coefficient (Wildman–Crippen LogP) is 14.1. The summed E-state index contributed by atoms with van der Waals surface area (Å²) in [5, 5.41) is 0. The van der Waals surface area contributed by atoms with Gasteiger partial charge in [-0.1, -0.05) is 170 Å². The molecule has 5 nitrogen and oxygen atoms in total. The lowest BCUT2D eigenvalue weighted by Crippen LogP contribution is -2.41. The number of hydrogen-bond acceptors (Lipinski definition) is 5. The van der Waals surface area contributed by atoms with Gasteiger partial charge in [-0.2, -0.15) is 0 Å². The SMILES string of the molecule is CC1(C)OB(c2ccc(C(Cc3ccc(-c4ccc(N(c5ccc(B6OC(C)(C)C(C)(C)O6)cc5)c5ccc(-c6ccccc6)cc5)cc4)cc3)c3ccc(-c4ccccc4)cc3)cc2)OC1(C)C. The van der Waals surface area contributed by atoms with Gasteiger partial charge in [0.15, 0.2) is 0 Å². The second kappa shape index (κ2) is 18.5. The van der Waals surface area contributed by atoms with E-state index < -0.39 is 36.6 Å². The average molecular weight is 906 g/mol. The van der Waals surface area contributed by atoms with Crippen LogP contribution < -0.4 is 15.8 Å². The lowest BCUT2D eigenvalue weighted by atomic mass is 9.77. The van der Waals surface area contributed by atoms with Crippen molar-refractivity contribution in [1.29, 1.82) is 0 Å². The first-order chi connectivity index (χ1) is 33.1. The summed E-state index contributed by atoms with van der Waals surface area (Å²) in [6, 6.07) is 74.4. The minimum Gasteiger partial charge on any atom is -0.399 e. The minimum absolute atomic E-state index is 0.144. The van der Waals surface area contributed by atoms with Crippen molar-refractivity contribution in [2.24, 2.45) is 0 Å². The van der Waals surface area contributed by atoms with E-state index in [1.54, 1.807) is 0 Å². The van der Waals surface area contributed by atoms with Crippen molar-refractivity contribution in [3.8, 4) is 33.4 Å². The van der Waals surface area contributed by atoms with Crippen LogP contribution in [-0.2, 0) is 25.0 Å². The third-order valence-corrected chi connectivity index (χ3v) is 15.0. The summed E-state index contributed by atoms with van der Waals surface area (Å²) in [6.45, 7) is 16.8. The molecule has 2 aliphatic heterocycles. The maximum absolute atomic E-state index is 6.41. The van der Waals surface area contributed by atoms with Crippen LogP contribution in [0.1, 0.15) is 78.0 Å². The quantitative estimate of drug-likeness (QED) is 0.114. The topological polar surface area (TPSA) is 40.2 Å². The molecule has 8 aromatic carbocycles. The van der Waals surface area contributed by atoms with Crippen LogP contribution in [0.4, 0.5) is 17.1 Å². The summed E-state index contributed by atoms with van der Waals surface area (Å²) in [7, 11) is -0.825. The second-order valence-corrected chi connectivity index (χ2v) is 20.7. The molecular formula is C62H61B2NO4. The zero-order valence-corrected chi connectivity index (χ0v) is 41.1. The summed E-state index contributed by atoms with van der Waals surface area (Å²) >= 11 is 0. The van der Waals surface area contributed by atoms with E-state index in [0.29, 0.717) is 0 Å². The highest BCUT2D eigenvalue weighted by atomic mass is 16.7. The van der Waals surface area contributed by atoms with E-state index in [-0.39, 0.29) is 5.92 Å². The fourth-order valence-electron chi connectivity index (χ4n) is 9.34. The molecule has 0 radical (unpaired) electrons. The third kappa shape index (κ3) is 9.50. The Hall–Kier alpha value is -6.47. The van der Waals surface area contributed by atoms with Gasteiger partial charge < -0.3 is 23.5 Å². The van der Waals surface area contributed by atoms with Crippen molar-refractivity contribution in [1.82, 2.24) is 0 Å². The van der Waals surface area contributed by atoms with Crippen LogP contribution in [0.3, 0.4) is 0 Å². The molecular weight excluding hydrogens is 844 g/mol. The van der Waals surface area contributed by atoms with Gasteiger partial charge in [0.2, 0.25) is 0 Å². The Bertz CT molecular complexity index is 2960. The summed E-state index contributed by atoms with van der Waals surface area (Å²) < 4.78 is 25.6. The Balaban J connectivity index is 0.911. The van der Waals surface area contributed by atoms with Gasteiger partial charge in [0.25, 0.3) is 0 Å². The molecule has 8 aromatic rings. The van der Waals surface area contributed by atoms with Crippen LogP contribution in [0, 0.1) is 0 Å². The van der Waals surface area contributed by atoms with E-state index >= 15 is 0 Å². The molecule has 0 N–H and O–H groups in total. The molecule has 0 aromatic heterocycles. The Morgan fingerprint density at radius 1 is 0.333 bits per heavy atom. The van der Waals surface area contributed by atoms with Crippen LogP contribution in [-0.4, -0.2) is 36.6 Å². The zero-order valence-electron chi connectivity index (χ0n) is 41.1. The molecule has 69 heavy (non-hydrogen) atoms. The van der Waals surface area contributed by atoms with Gasteiger partial charge >= 0.3 is 14.2 Å². The standard InChI is InChI=1S/C62H61B2NO4/c1-59(2)60(3,4)67-63(66-59)53-33-27-52(28-34-53)58(51-25-23-48(24-26-51)45-15-11-9-12-16-45)43-44-19-21-47(22-20-44)50-31-39-56(40-32-50)65(55-37-29-49(30-38-55)46-17-13-10-14-18-46)57-41-35-54(36-42-57)64-68-61(5,6)62(7,8)69-64/h9-42,58H,43H2,1-8H3. The second-order valence-electron chi connectivity index (χ2n) is 20.7. The van der Waals surface area contributed by atoms with Gasteiger partial charge in [-0.3, -0.25) is 0 Å². The van der Waals surface area contributed by atoms with Crippen molar-refractivity contribution < 1.29 is 18.6 Å². The molecule has 1 unspecified atom stereocenters. The fourth-order valence-corrected chi connectivity index (χ4v) is 9.34. The highest BCUT2D eigenvalue weighted by Crippen LogP contribution is 2.40. The molecule has 1 atom stereocenters. The minimum atomic E-state index is -0.425. The molecule has 7 heteroatoms. The van der Waals surface area contributed by atoms with Gasteiger partial charge in [0, 0.05) is 23.0 Å². The lowest BCUT2D eigenvalue weighted by Gasteiger charge is -2.32. The highest BCUT2D eigenvalue weighted by molar-refractivity contribution is 6.62. The predicted molar refractivity (Wildman–Crippen MR) is 287 cm³/mol. The molecule has 0 saturated carbocycles. The van der Waals surface area contributed by atoms with Crippen molar-refractivity contribution >= 4 is 42.2 Å². The zero-order chi connectivity index (χ0) is 48.0. The molecule has 2 heterocycles. The number of benzene rings is 8. The maximum atomic E-state index is 6.41. The van der Waals surface area contributed by atoms with Gasteiger partial charge in [0.05, 0.1) is 22.4 Å². The third-order valence-electron chi connectivity index (χ3n) is 15.0. The molecule has 10 rings (SSSR count). The summed E-state index contributed by atoms with van der Waals surface area (Å²) in [6.07, 6.45) is 0.852. The van der Waals surface area contributed by atoms with Gasteiger partial charge in [-0.25, -0.2) is 0 Å². The average Bonchev–Trinajstić information content (AvgIpc) is 3.73. The van der Waals surface area contributed by atoms with E-state index in [4.69, 9.17) is 18.6 Å². The Kier molecular flexibility index (Phi) is 12.4. The molecule has 0 amide bonds. The monoisotopic (exact) mass is 905 g/mol. The van der Waals surface area contributed by atoms with Crippen molar-refractivity contribution in [2.45, 2.75) is 90.1 Å². The fraction of sp³-hybridized carbons (Fsp3) is 0.226. The number of nitrogens with zero attached hydrogens (tertiary/aromatic N) is 1. The van der Waals surface area contributed by atoms with E-state index in [0.717, 1.165) is 40.0 Å². The normalized spacial score (nSPS) is 17.2. The molecule has 0 bridgehead atoms. The van der Waals surface area contributed by atoms with Crippen LogP contribution in [0.25, 0.3) is 33.4 Å². The van der Waals surface area contributed by atoms with E-state index in [1.807, 2.05) is 0 Å². The molecule has 2 fully saturated rings. The first-order valence-corrected chi connectivity index (χ1v) is 24.3. The molecule has 0 aliphatic carbocycles. The molecule has 344 valence electrons. The van der Waals surface area contributed by atoms with Crippen molar-refractivity contribution in [3.63, 3.8) is 0 Å². The first-order valence-electron chi connectivity index (χ1n) is 24.3. The number of anilines is 3. The van der Waals surface area contributed by atoms with Crippen molar-refractivity contribution in [3.05, 3.63) is 223 Å². The Morgan fingerprint density at radius 2 is 0.609 bits per heavy atom. The summed E-state index contributed by atoms with van der Waals surface area (Å²) in [5.41, 5.74) is 14.5. The summed E-state index contributed by atoms with van der Waals surface area (Å²) in [5.74, 6) is 0.144. The Morgan fingerprint density at radius 3 is 0.971 bits per heavy atom. The number of rotatable bonds is 12. The molecule has 2 aliphatic rings. The summed E-state index contributed by atoms with van der Waals surface area (Å²) in [4.78, 5) is 2.31. The number of hydrogen-bond donors (Lipinski definition) is 0. The van der Waals surface area contributed by atoms with Crippen LogP contribution >= 0.6 is 0 Å². The van der Waals surface area contributed by atoms with Crippen LogP contribution in [0.15, 0.2) is 206 Å². The Labute approximate surface area is 410 Å². The van der Waals surface area contributed by atoms with E-state index in [2.05, 4.69) is 267 Å².